The third kappa shape index (κ3) is 6.65. The Labute approximate surface area is 124 Å². The van der Waals surface area contributed by atoms with E-state index in [-0.39, 0.29) is 5.75 Å². The molecule has 0 spiro atoms. The average Bonchev–Trinajstić information content (AvgIpc) is 2.37. The van der Waals surface area contributed by atoms with E-state index in [0.29, 0.717) is 37.2 Å². The van der Waals surface area contributed by atoms with Crippen molar-refractivity contribution in [2.24, 2.45) is 0 Å². The summed E-state index contributed by atoms with van der Waals surface area (Å²) >= 11 is 0. The molecule has 0 aliphatic carbocycles. The van der Waals surface area contributed by atoms with Crippen LogP contribution in [0.15, 0.2) is 18.2 Å². The number of aldehydes is 1. The molecule has 21 heavy (non-hydrogen) atoms. The largest absolute Gasteiger partial charge is 0.504 e. The van der Waals surface area contributed by atoms with Crippen molar-refractivity contribution in [1.82, 2.24) is 5.32 Å². The van der Waals surface area contributed by atoms with Crippen LogP contribution in [-0.2, 0) is 4.74 Å². The van der Waals surface area contributed by atoms with Gasteiger partial charge in [-0.25, -0.2) is 4.79 Å². The van der Waals surface area contributed by atoms with E-state index in [1.54, 1.807) is 26.8 Å². The lowest BCUT2D eigenvalue weighted by molar-refractivity contribution is 0.0525. The molecule has 0 aromatic heterocycles. The smallest absolute Gasteiger partial charge is 0.407 e. The molecule has 6 nitrogen and oxygen atoms in total. The predicted molar refractivity (Wildman–Crippen MR) is 77.8 cm³/mol. The van der Waals surface area contributed by atoms with Crippen molar-refractivity contribution in [3.8, 4) is 11.5 Å². The minimum atomic E-state index is -0.521. The van der Waals surface area contributed by atoms with E-state index in [4.69, 9.17) is 9.47 Å². The molecule has 116 valence electrons. The fourth-order valence-electron chi connectivity index (χ4n) is 1.49. The van der Waals surface area contributed by atoms with Crippen LogP contribution in [0.2, 0.25) is 0 Å². The predicted octanol–water partition coefficient (Wildman–Crippen LogP) is 2.50. The van der Waals surface area contributed by atoms with E-state index in [0.717, 1.165) is 0 Å². The second kappa shape index (κ2) is 7.52. The maximum atomic E-state index is 11.4. The summed E-state index contributed by atoms with van der Waals surface area (Å²) in [4.78, 5) is 21.9. The molecule has 0 atom stereocenters. The van der Waals surface area contributed by atoms with Crippen LogP contribution in [0.4, 0.5) is 4.79 Å². The van der Waals surface area contributed by atoms with Crippen molar-refractivity contribution in [3.63, 3.8) is 0 Å². The minimum absolute atomic E-state index is 0.0836. The van der Waals surface area contributed by atoms with Gasteiger partial charge in [-0.15, -0.1) is 0 Å². The Morgan fingerprint density at radius 1 is 1.38 bits per heavy atom. The standard InChI is InChI=1S/C15H21NO5/c1-15(2,3)21-14(19)16-7-4-8-20-13-6-5-11(10-17)9-12(13)18/h5-6,9-10,18H,4,7-8H2,1-3H3,(H,16,19). The summed E-state index contributed by atoms with van der Waals surface area (Å²) < 4.78 is 10.4. The monoisotopic (exact) mass is 295 g/mol. The molecular weight excluding hydrogens is 274 g/mol. The van der Waals surface area contributed by atoms with Gasteiger partial charge in [-0.2, -0.15) is 0 Å². The van der Waals surface area contributed by atoms with Gasteiger partial charge in [-0.05, 0) is 45.4 Å². The molecule has 1 amide bonds. The third-order valence-corrected chi connectivity index (χ3v) is 2.37. The Morgan fingerprint density at radius 3 is 2.67 bits per heavy atom. The van der Waals surface area contributed by atoms with Crippen LogP contribution in [0.1, 0.15) is 37.6 Å². The number of hydrogen-bond donors (Lipinski definition) is 2. The average molecular weight is 295 g/mol. The highest BCUT2D eigenvalue weighted by molar-refractivity contribution is 5.76. The number of phenols is 1. The van der Waals surface area contributed by atoms with Crippen LogP contribution in [0.5, 0.6) is 11.5 Å². The fourth-order valence-corrected chi connectivity index (χ4v) is 1.49. The molecule has 0 aliphatic heterocycles. The van der Waals surface area contributed by atoms with Crippen molar-refractivity contribution in [2.45, 2.75) is 32.8 Å². The maximum absolute atomic E-state index is 11.4. The van der Waals surface area contributed by atoms with E-state index >= 15 is 0 Å². The molecule has 1 aromatic carbocycles. The lowest BCUT2D eigenvalue weighted by Gasteiger charge is -2.19. The van der Waals surface area contributed by atoms with Crippen molar-refractivity contribution in [1.29, 1.82) is 0 Å². The van der Waals surface area contributed by atoms with Gasteiger partial charge in [-0.1, -0.05) is 0 Å². The first-order valence-corrected chi connectivity index (χ1v) is 6.69. The normalized spacial score (nSPS) is 10.8. The number of alkyl carbamates (subject to hydrolysis) is 1. The summed E-state index contributed by atoms with van der Waals surface area (Å²) in [6, 6.07) is 4.42. The van der Waals surface area contributed by atoms with E-state index in [9.17, 15) is 14.7 Å². The van der Waals surface area contributed by atoms with Crippen LogP contribution in [-0.4, -0.2) is 36.2 Å². The van der Waals surface area contributed by atoms with Crippen LogP contribution < -0.4 is 10.1 Å². The summed E-state index contributed by atoms with van der Waals surface area (Å²) in [6.07, 6.45) is 0.739. The molecule has 0 unspecified atom stereocenters. The zero-order valence-electron chi connectivity index (χ0n) is 12.5. The number of hydrogen-bond acceptors (Lipinski definition) is 5. The SMILES string of the molecule is CC(C)(C)OC(=O)NCCCOc1ccc(C=O)cc1O. The van der Waals surface area contributed by atoms with Crippen molar-refractivity contribution in [2.75, 3.05) is 13.2 Å². The first-order valence-electron chi connectivity index (χ1n) is 6.69. The molecule has 1 aromatic rings. The van der Waals surface area contributed by atoms with E-state index in [1.807, 2.05) is 0 Å². The fraction of sp³-hybridized carbons (Fsp3) is 0.467. The van der Waals surface area contributed by atoms with Gasteiger partial charge in [0.05, 0.1) is 6.61 Å². The lowest BCUT2D eigenvalue weighted by Crippen LogP contribution is -2.33. The number of rotatable bonds is 6. The van der Waals surface area contributed by atoms with E-state index < -0.39 is 11.7 Å². The molecular formula is C15H21NO5. The van der Waals surface area contributed by atoms with Gasteiger partial charge >= 0.3 is 6.09 Å². The summed E-state index contributed by atoms with van der Waals surface area (Å²) in [7, 11) is 0. The second-order valence-electron chi connectivity index (χ2n) is 5.48. The molecule has 0 fully saturated rings. The van der Waals surface area contributed by atoms with Crippen molar-refractivity contribution >= 4 is 12.4 Å². The van der Waals surface area contributed by atoms with Crippen LogP contribution in [0.25, 0.3) is 0 Å². The molecule has 0 radical (unpaired) electrons. The van der Waals surface area contributed by atoms with Crippen molar-refractivity contribution in [3.05, 3.63) is 23.8 Å². The molecule has 2 N–H and O–H groups in total. The summed E-state index contributed by atoms with van der Waals surface area (Å²) in [5.41, 5.74) is -0.140. The van der Waals surface area contributed by atoms with Crippen LogP contribution >= 0.6 is 0 Å². The third-order valence-electron chi connectivity index (χ3n) is 2.37. The summed E-state index contributed by atoms with van der Waals surface area (Å²) in [6.45, 7) is 6.11. The first-order chi connectivity index (χ1) is 9.81. The van der Waals surface area contributed by atoms with Gasteiger partial charge in [-0.3, -0.25) is 4.79 Å². The zero-order valence-corrected chi connectivity index (χ0v) is 12.5. The van der Waals surface area contributed by atoms with Gasteiger partial charge in [0, 0.05) is 12.1 Å². The number of nitrogens with one attached hydrogen (secondary N) is 1. The van der Waals surface area contributed by atoms with Gasteiger partial charge < -0.3 is 19.9 Å². The Morgan fingerprint density at radius 2 is 2.10 bits per heavy atom. The Bertz CT molecular complexity index is 493. The van der Waals surface area contributed by atoms with Gasteiger partial charge in [0.25, 0.3) is 0 Å². The highest BCUT2D eigenvalue weighted by atomic mass is 16.6. The van der Waals surface area contributed by atoms with Crippen LogP contribution in [0.3, 0.4) is 0 Å². The molecule has 0 saturated heterocycles. The summed E-state index contributed by atoms with van der Waals surface area (Å²) in [5, 5.41) is 12.2. The topological polar surface area (TPSA) is 84.9 Å². The highest BCUT2D eigenvalue weighted by Gasteiger charge is 2.15. The van der Waals surface area contributed by atoms with Gasteiger partial charge in [0.2, 0.25) is 0 Å². The maximum Gasteiger partial charge on any atom is 0.407 e. The number of benzene rings is 1. The molecule has 0 saturated carbocycles. The quantitative estimate of drug-likeness (QED) is 0.622. The number of carbonyl (C=O) groups excluding carboxylic acids is 2. The minimum Gasteiger partial charge on any atom is -0.504 e. The number of aromatic hydroxyl groups is 1. The Balaban J connectivity index is 2.26. The van der Waals surface area contributed by atoms with E-state index in [1.165, 1.54) is 12.1 Å². The molecule has 1 rings (SSSR count). The zero-order chi connectivity index (χ0) is 15.9. The van der Waals surface area contributed by atoms with Crippen LogP contribution in [0, 0.1) is 0 Å². The van der Waals surface area contributed by atoms with Gasteiger partial charge in [0.15, 0.2) is 11.5 Å². The molecule has 0 aliphatic rings. The highest BCUT2D eigenvalue weighted by Crippen LogP contribution is 2.26. The number of phenolic OH excluding ortho intramolecular Hbond substituents is 1. The number of carbonyl (C=O) groups is 2. The Hall–Kier alpha value is -2.24. The lowest BCUT2D eigenvalue weighted by atomic mass is 10.2. The van der Waals surface area contributed by atoms with Gasteiger partial charge in [0.1, 0.15) is 11.9 Å². The van der Waals surface area contributed by atoms with Crippen molar-refractivity contribution < 1.29 is 24.2 Å². The molecule has 6 heteroatoms. The second-order valence-corrected chi connectivity index (χ2v) is 5.48. The van der Waals surface area contributed by atoms with E-state index in [2.05, 4.69) is 5.32 Å². The first kappa shape index (κ1) is 16.8. The Kier molecular flexibility index (Phi) is 6.02. The molecule has 0 heterocycles. The number of amides is 1. The molecule has 0 bridgehead atoms. The summed E-state index contributed by atoms with van der Waals surface area (Å²) in [5.74, 6) is 0.220. The number of ether oxygens (including phenoxy) is 2.